The van der Waals surface area contributed by atoms with Crippen molar-refractivity contribution in [2.24, 2.45) is 0 Å². The van der Waals surface area contributed by atoms with Crippen LogP contribution in [0.3, 0.4) is 0 Å². The molecule has 0 radical (unpaired) electrons. The summed E-state index contributed by atoms with van der Waals surface area (Å²) in [5.74, 6) is -0.568. The maximum atomic E-state index is 12.4. The molecular weight excluding hydrogens is 372 g/mol. The molecule has 8 heteroatoms. The van der Waals surface area contributed by atoms with Gasteiger partial charge in [-0.3, -0.25) is 9.59 Å². The van der Waals surface area contributed by atoms with Gasteiger partial charge in [0.05, 0.1) is 24.8 Å². The van der Waals surface area contributed by atoms with Gasteiger partial charge >= 0.3 is 5.97 Å². The quantitative estimate of drug-likeness (QED) is 0.547. The second kappa shape index (κ2) is 9.68. The zero-order valence-corrected chi connectivity index (χ0v) is 15.7. The Kier molecular flexibility index (Phi) is 7.31. The molecule has 0 spiro atoms. The predicted octanol–water partition coefficient (Wildman–Crippen LogP) is 3.52. The lowest BCUT2D eigenvalue weighted by Crippen LogP contribution is -2.15. The van der Waals surface area contributed by atoms with Crippen molar-refractivity contribution in [1.82, 2.24) is 4.98 Å². The minimum atomic E-state index is -0.501. The van der Waals surface area contributed by atoms with E-state index in [0.717, 1.165) is 0 Å². The second-order valence-electron chi connectivity index (χ2n) is 5.47. The van der Waals surface area contributed by atoms with Gasteiger partial charge < -0.3 is 14.8 Å². The summed E-state index contributed by atoms with van der Waals surface area (Å²) in [6.45, 7) is 1.95. The molecule has 0 aliphatic carbocycles. The number of benzene rings is 1. The molecule has 0 atom stereocenters. The van der Waals surface area contributed by atoms with E-state index in [4.69, 9.17) is 21.1 Å². The summed E-state index contributed by atoms with van der Waals surface area (Å²) in [5, 5.41) is 2.96. The Labute approximate surface area is 161 Å². The van der Waals surface area contributed by atoms with Crippen molar-refractivity contribution in [1.29, 1.82) is 0 Å². The van der Waals surface area contributed by atoms with E-state index in [-0.39, 0.29) is 36.6 Å². The first-order valence-electron chi connectivity index (χ1n) is 8.24. The van der Waals surface area contributed by atoms with Crippen LogP contribution in [-0.2, 0) is 9.53 Å². The number of ether oxygens (including phenoxy) is 2. The van der Waals surface area contributed by atoms with Crippen molar-refractivity contribution >= 4 is 35.1 Å². The molecule has 0 saturated heterocycles. The fraction of sp³-hybridized carbons (Fsp3) is 0.263. The number of Topliss-reactive ketones (excluding diaryl/α,β-unsaturated/α-hetero) is 1. The highest BCUT2D eigenvalue weighted by Gasteiger charge is 2.15. The summed E-state index contributed by atoms with van der Waals surface area (Å²) < 4.78 is 10.0. The van der Waals surface area contributed by atoms with Crippen LogP contribution in [-0.4, -0.2) is 36.4 Å². The number of amides is 1. The van der Waals surface area contributed by atoms with E-state index in [1.54, 1.807) is 19.1 Å². The fourth-order valence-electron chi connectivity index (χ4n) is 2.31. The first kappa shape index (κ1) is 20.4. The molecular formula is C19H19ClN2O5. The number of hydrogen-bond acceptors (Lipinski definition) is 6. The highest BCUT2D eigenvalue weighted by molar-refractivity contribution is 6.31. The van der Waals surface area contributed by atoms with E-state index in [0.29, 0.717) is 16.3 Å². The number of aromatic nitrogens is 1. The number of rotatable bonds is 8. The third kappa shape index (κ3) is 5.79. The third-order valence-corrected chi connectivity index (χ3v) is 3.81. The van der Waals surface area contributed by atoms with Crippen molar-refractivity contribution in [3.63, 3.8) is 0 Å². The van der Waals surface area contributed by atoms with Gasteiger partial charge in [-0.25, -0.2) is 9.78 Å². The summed E-state index contributed by atoms with van der Waals surface area (Å²) in [6, 6.07) is 7.62. The molecule has 1 aromatic heterocycles. The van der Waals surface area contributed by atoms with Gasteiger partial charge in [-0.15, -0.1) is 0 Å². The van der Waals surface area contributed by atoms with E-state index in [1.807, 2.05) is 0 Å². The molecule has 7 nitrogen and oxygen atoms in total. The monoisotopic (exact) mass is 390 g/mol. The van der Waals surface area contributed by atoms with Gasteiger partial charge in [-0.1, -0.05) is 11.6 Å². The third-order valence-electron chi connectivity index (χ3n) is 3.58. The number of esters is 1. The van der Waals surface area contributed by atoms with E-state index in [1.165, 1.54) is 31.5 Å². The lowest BCUT2D eigenvalue weighted by molar-refractivity contribution is -0.116. The van der Waals surface area contributed by atoms with Crippen LogP contribution in [0.4, 0.5) is 5.82 Å². The van der Waals surface area contributed by atoms with E-state index in [2.05, 4.69) is 10.3 Å². The summed E-state index contributed by atoms with van der Waals surface area (Å²) in [5.41, 5.74) is 0.599. The molecule has 1 amide bonds. The minimum Gasteiger partial charge on any atom is -0.496 e. The highest BCUT2D eigenvalue weighted by Crippen LogP contribution is 2.24. The Morgan fingerprint density at radius 2 is 1.93 bits per heavy atom. The largest absolute Gasteiger partial charge is 0.496 e. The van der Waals surface area contributed by atoms with Gasteiger partial charge in [-0.2, -0.15) is 0 Å². The Balaban J connectivity index is 1.97. The number of halogens is 1. The highest BCUT2D eigenvalue weighted by atomic mass is 35.5. The summed E-state index contributed by atoms with van der Waals surface area (Å²) in [4.78, 5) is 40.1. The summed E-state index contributed by atoms with van der Waals surface area (Å²) >= 11 is 5.92. The average Bonchev–Trinajstić information content (AvgIpc) is 2.66. The molecule has 27 heavy (non-hydrogen) atoms. The fourth-order valence-corrected chi connectivity index (χ4v) is 2.48. The van der Waals surface area contributed by atoms with Gasteiger partial charge in [0.1, 0.15) is 11.6 Å². The van der Waals surface area contributed by atoms with Crippen molar-refractivity contribution in [3.8, 4) is 5.75 Å². The van der Waals surface area contributed by atoms with E-state index in [9.17, 15) is 14.4 Å². The molecule has 2 aromatic rings. The SMILES string of the molecule is CCOC(=O)c1ccnc(NC(=O)CCC(=O)c2cc(Cl)ccc2OC)c1. The Morgan fingerprint density at radius 1 is 1.15 bits per heavy atom. The second-order valence-corrected chi connectivity index (χ2v) is 5.90. The van der Waals surface area contributed by atoms with Crippen molar-refractivity contribution in [3.05, 3.63) is 52.7 Å². The molecule has 0 unspecified atom stereocenters. The van der Waals surface area contributed by atoms with E-state index >= 15 is 0 Å². The van der Waals surface area contributed by atoms with Gasteiger partial charge in [0.25, 0.3) is 0 Å². The topological polar surface area (TPSA) is 94.6 Å². The van der Waals surface area contributed by atoms with Crippen LogP contribution in [0.1, 0.15) is 40.5 Å². The first-order chi connectivity index (χ1) is 12.9. The molecule has 1 aromatic carbocycles. The Bertz CT molecular complexity index is 854. The lowest BCUT2D eigenvalue weighted by Gasteiger charge is -2.09. The molecule has 0 bridgehead atoms. The van der Waals surface area contributed by atoms with Crippen LogP contribution in [0.25, 0.3) is 0 Å². The number of pyridine rings is 1. The van der Waals surface area contributed by atoms with Crippen LogP contribution in [0.2, 0.25) is 5.02 Å². The lowest BCUT2D eigenvalue weighted by atomic mass is 10.1. The standard InChI is InChI=1S/C19H19ClN2O5/c1-3-27-19(25)12-8-9-21-17(10-12)22-18(24)7-5-15(23)14-11-13(20)4-6-16(14)26-2/h4,6,8-11H,3,5,7H2,1-2H3,(H,21,22,24). The first-order valence-corrected chi connectivity index (χ1v) is 8.62. The Morgan fingerprint density at radius 3 is 2.63 bits per heavy atom. The molecule has 0 aliphatic heterocycles. The molecule has 0 fully saturated rings. The van der Waals surface area contributed by atoms with Gasteiger partial charge in [0, 0.05) is 24.1 Å². The van der Waals surface area contributed by atoms with Crippen molar-refractivity contribution < 1.29 is 23.9 Å². The normalized spacial score (nSPS) is 10.2. The number of nitrogens with one attached hydrogen (secondary N) is 1. The van der Waals surface area contributed by atoms with Crippen molar-refractivity contribution in [2.45, 2.75) is 19.8 Å². The minimum absolute atomic E-state index is 0.0277. The predicted molar refractivity (Wildman–Crippen MR) is 100 cm³/mol. The van der Waals surface area contributed by atoms with Crippen LogP contribution >= 0.6 is 11.6 Å². The molecule has 2 rings (SSSR count). The van der Waals surface area contributed by atoms with Crippen LogP contribution in [0.5, 0.6) is 5.75 Å². The zero-order valence-electron chi connectivity index (χ0n) is 15.0. The summed E-state index contributed by atoms with van der Waals surface area (Å²) in [6.07, 6.45) is 1.31. The van der Waals surface area contributed by atoms with Gasteiger partial charge in [0.15, 0.2) is 5.78 Å². The number of hydrogen-bond donors (Lipinski definition) is 1. The Hall–Kier alpha value is -2.93. The summed E-state index contributed by atoms with van der Waals surface area (Å²) in [7, 11) is 1.45. The number of carbonyl (C=O) groups is 3. The molecule has 0 saturated carbocycles. The molecule has 0 aliphatic rings. The van der Waals surface area contributed by atoms with Gasteiger partial charge in [-0.05, 0) is 37.3 Å². The molecule has 1 heterocycles. The number of ketones is 1. The zero-order chi connectivity index (χ0) is 19.8. The number of carbonyl (C=O) groups excluding carboxylic acids is 3. The average molecular weight is 391 g/mol. The maximum Gasteiger partial charge on any atom is 0.338 e. The van der Waals surface area contributed by atoms with Crippen molar-refractivity contribution in [2.75, 3.05) is 19.0 Å². The number of methoxy groups -OCH3 is 1. The van der Waals surface area contributed by atoms with E-state index < -0.39 is 11.9 Å². The maximum absolute atomic E-state index is 12.4. The van der Waals surface area contributed by atoms with Crippen LogP contribution in [0, 0.1) is 0 Å². The van der Waals surface area contributed by atoms with Crippen LogP contribution < -0.4 is 10.1 Å². The van der Waals surface area contributed by atoms with Crippen LogP contribution in [0.15, 0.2) is 36.5 Å². The smallest absolute Gasteiger partial charge is 0.338 e. The number of nitrogens with zero attached hydrogens (tertiary/aromatic N) is 1. The van der Waals surface area contributed by atoms with Gasteiger partial charge in [0.2, 0.25) is 5.91 Å². The number of anilines is 1. The molecule has 1 N–H and O–H groups in total. The molecule has 142 valence electrons.